The molecule has 104 valence electrons. The zero-order valence-electron chi connectivity index (χ0n) is 12.0. The molecule has 0 bridgehead atoms. The molecule has 0 aromatic heterocycles. The topological polar surface area (TPSA) is 35.5 Å². The summed E-state index contributed by atoms with van der Waals surface area (Å²) in [7, 11) is 0. The van der Waals surface area contributed by atoms with Crippen molar-refractivity contribution in [3.63, 3.8) is 0 Å². The van der Waals surface area contributed by atoms with Crippen LogP contribution in [0.2, 0.25) is 0 Å². The Bertz CT molecular complexity index is 617. The fraction of sp³-hybridized carbons (Fsp3) is 0.235. The van der Waals surface area contributed by atoms with Gasteiger partial charge in [-0.15, -0.1) is 0 Å². The summed E-state index contributed by atoms with van der Waals surface area (Å²) in [5.41, 5.74) is 2.76. The van der Waals surface area contributed by atoms with Crippen LogP contribution in [0, 0.1) is 13.8 Å². The van der Waals surface area contributed by atoms with E-state index in [2.05, 4.69) is 0 Å². The van der Waals surface area contributed by atoms with Crippen molar-refractivity contribution < 1.29 is 14.3 Å². The molecule has 0 saturated heterocycles. The number of benzene rings is 2. The number of carbonyl (C=O) groups is 1. The van der Waals surface area contributed by atoms with Gasteiger partial charge in [-0.2, -0.15) is 0 Å². The minimum Gasteiger partial charge on any atom is -0.490 e. The Labute approximate surface area is 119 Å². The molecular weight excluding hydrogens is 252 g/mol. The third-order valence-corrected chi connectivity index (χ3v) is 3.09. The second kappa shape index (κ2) is 6.24. The highest BCUT2D eigenvalue weighted by atomic mass is 16.6. The molecule has 0 fully saturated rings. The van der Waals surface area contributed by atoms with Gasteiger partial charge in [0.15, 0.2) is 11.5 Å². The summed E-state index contributed by atoms with van der Waals surface area (Å²) in [6.07, 6.45) is 0. The molecule has 0 spiro atoms. The van der Waals surface area contributed by atoms with Gasteiger partial charge in [0, 0.05) is 0 Å². The lowest BCUT2D eigenvalue weighted by atomic mass is 10.1. The van der Waals surface area contributed by atoms with Crippen LogP contribution in [-0.4, -0.2) is 12.6 Å². The Kier molecular flexibility index (Phi) is 4.41. The van der Waals surface area contributed by atoms with Crippen molar-refractivity contribution in [1.29, 1.82) is 0 Å². The first-order chi connectivity index (χ1) is 9.61. The second-order valence-corrected chi connectivity index (χ2v) is 4.57. The summed E-state index contributed by atoms with van der Waals surface area (Å²) in [5.74, 6) is 0.644. The number of hydrogen-bond acceptors (Lipinski definition) is 3. The zero-order valence-corrected chi connectivity index (χ0v) is 12.0. The fourth-order valence-corrected chi connectivity index (χ4v) is 1.84. The molecule has 0 aliphatic carbocycles. The standard InChI is InChI=1S/C17H18O3/c1-4-19-15-7-5-6-8-16(15)20-17(18)14-10-9-12(2)13(3)11-14/h5-11H,4H2,1-3H3. The van der Waals surface area contributed by atoms with Gasteiger partial charge in [-0.05, 0) is 56.2 Å². The van der Waals surface area contributed by atoms with Crippen molar-refractivity contribution in [2.24, 2.45) is 0 Å². The van der Waals surface area contributed by atoms with E-state index in [0.717, 1.165) is 11.1 Å². The monoisotopic (exact) mass is 270 g/mol. The number of rotatable bonds is 4. The molecule has 0 saturated carbocycles. The van der Waals surface area contributed by atoms with Gasteiger partial charge in [-0.25, -0.2) is 4.79 Å². The van der Waals surface area contributed by atoms with Crippen LogP contribution in [0.3, 0.4) is 0 Å². The highest BCUT2D eigenvalue weighted by Gasteiger charge is 2.12. The molecule has 0 amide bonds. The van der Waals surface area contributed by atoms with Crippen molar-refractivity contribution in [2.45, 2.75) is 20.8 Å². The Morgan fingerprint density at radius 2 is 1.70 bits per heavy atom. The Balaban J connectivity index is 2.21. The van der Waals surface area contributed by atoms with E-state index >= 15 is 0 Å². The molecule has 0 aliphatic heterocycles. The maximum atomic E-state index is 12.2. The number of aryl methyl sites for hydroxylation is 2. The highest BCUT2D eigenvalue weighted by molar-refractivity contribution is 5.91. The van der Waals surface area contributed by atoms with Gasteiger partial charge in [0.1, 0.15) is 0 Å². The van der Waals surface area contributed by atoms with E-state index in [9.17, 15) is 4.79 Å². The van der Waals surface area contributed by atoms with Crippen LogP contribution in [0.15, 0.2) is 42.5 Å². The molecule has 3 heteroatoms. The van der Waals surface area contributed by atoms with E-state index in [1.54, 1.807) is 18.2 Å². The van der Waals surface area contributed by atoms with E-state index in [1.165, 1.54) is 0 Å². The molecule has 0 atom stereocenters. The summed E-state index contributed by atoms with van der Waals surface area (Å²) in [5, 5.41) is 0. The van der Waals surface area contributed by atoms with Gasteiger partial charge in [0.25, 0.3) is 0 Å². The smallest absolute Gasteiger partial charge is 0.343 e. The van der Waals surface area contributed by atoms with Crippen molar-refractivity contribution >= 4 is 5.97 Å². The maximum Gasteiger partial charge on any atom is 0.343 e. The molecular formula is C17H18O3. The van der Waals surface area contributed by atoms with Gasteiger partial charge in [0.05, 0.1) is 12.2 Å². The summed E-state index contributed by atoms with van der Waals surface area (Å²) in [6.45, 7) is 6.40. The van der Waals surface area contributed by atoms with E-state index in [1.807, 2.05) is 45.0 Å². The Morgan fingerprint density at radius 1 is 1.00 bits per heavy atom. The zero-order chi connectivity index (χ0) is 14.5. The molecule has 0 unspecified atom stereocenters. The SMILES string of the molecule is CCOc1ccccc1OC(=O)c1ccc(C)c(C)c1. The van der Waals surface area contributed by atoms with Gasteiger partial charge < -0.3 is 9.47 Å². The summed E-state index contributed by atoms with van der Waals surface area (Å²) < 4.78 is 10.9. The minimum absolute atomic E-state index is 0.375. The second-order valence-electron chi connectivity index (χ2n) is 4.57. The van der Waals surface area contributed by atoms with Gasteiger partial charge >= 0.3 is 5.97 Å². The lowest BCUT2D eigenvalue weighted by molar-refractivity contribution is 0.0728. The van der Waals surface area contributed by atoms with Crippen LogP contribution in [0.1, 0.15) is 28.4 Å². The molecule has 0 N–H and O–H groups in total. The largest absolute Gasteiger partial charge is 0.490 e. The molecule has 3 nitrogen and oxygen atoms in total. The molecule has 2 rings (SSSR count). The lowest BCUT2D eigenvalue weighted by Gasteiger charge is -2.10. The van der Waals surface area contributed by atoms with Crippen molar-refractivity contribution in [1.82, 2.24) is 0 Å². The molecule has 2 aromatic rings. The average Bonchev–Trinajstić information content (AvgIpc) is 2.44. The van der Waals surface area contributed by atoms with Crippen molar-refractivity contribution in [2.75, 3.05) is 6.61 Å². The highest BCUT2D eigenvalue weighted by Crippen LogP contribution is 2.27. The van der Waals surface area contributed by atoms with Crippen LogP contribution in [0.25, 0.3) is 0 Å². The number of hydrogen-bond donors (Lipinski definition) is 0. The molecule has 0 heterocycles. The van der Waals surface area contributed by atoms with Gasteiger partial charge in [0.2, 0.25) is 0 Å². The lowest BCUT2D eigenvalue weighted by Crippen LogP contribution is -2.10. The third-order valence-electron chi connectivity index (χ3n) is 3.09. The van der Waals surface area contributed by atoms with Gasteiger partial charge in [-0.3, -0.25) is 0 Å². The summed E-state index contributed by atoms with van der Waals surface area (Å²) >= 11 is 0. The van der Waals surface area contributed by atoms with Crippen LogP contribution in [0.4, 0.5) is 0 Å². The van der Waals surface area contributed by atoms with E-state index in [-0.39, 0.29) is 5.97 Å². The Morgan fingerprint density at radius 3 is 2.35 bits per heavy atom. The van der Waals surface area contributed by atoms with E-state index in [0.29, 0.717) is 23.7 Å². The summed E-state index contributed by atoms with van der Waals surface area (Å²) in [4.78, 5) is 12.2. The molecule has 0 aliphatic rings. The number of carbonyl (C=O) groups excluding carboxylic acids is 1. The minimum atomic E-state index is -0.375. The van der Waals surface area contributed by atoms with E-state index < -0.39 is 0 Å². The molecule has 20 heavy (non-hydrogen) atoms. The number of para-hydroxylation sites is 2. The predicted molar refractivity (Wildman–Crippen MR) is 78.5 cm³/mol. The van der Waals surface area contributed by atoms with Crippen LogP contribution in [0.5, 0.6) is 11.5 Å². The van der Waals surface area contributed by atoms with Crippen molar-refractivity contribution in [3.8, 4) is 11.5 Å². The van der Waals surface area contributed by atoms with Crippen molar-refractivity contribution in [3.05, 3.63) is 59.2 Å². The molecule has 0 radical (unpaired) electrons. The van der Waals surface area contributed by atoms with Crippen LogP contribution in [-0.2, 0) is 0 Å². The van der Waals surface area contributed by atoms with E-state index in [4.69, 9.17) is 9.47 Å². The van der Waals surface area contributed by atoms with Crippen LogP contribution < -0.4 is 9.47 Å². The maximum absolute atomic E-state index is 12.2. The number of esters is 1. The Hall–Kier alpha value is -2.29. The average molecular weight is 270 g/mol. The quantitative estimate of drug-likeness (QED) is 0.624. The first-order valence-corrected chi connectivity index (χ1v) is 6.63. The fourth-order valence-electron chi connectivity index (χ4n) is 1.84. The number of ether oxygens (including phenoxy) is 2. The molecule has 2 aromatic carbocycles. The first kappa shape index (κ1) is 14.1. The normalized spacial score (nSPS) is 10.2. The first-order valence-electron chi connectivity index (χ1n) is 6.63. The van der Waals surface area contributed by atoms with Gasteiger partial charge in [-0.1, -0.05) is 18.2 Å². The predicted octanol–water partition coefficient (Wildman–Crippen LogP) is 3.92. The van der Waals surface area contributed by atoms with Crippen LogP contribution >= 0.6 is 0 Å². The third kappa shape index (κ3) is 3.18. The summed E-state index contributed by atoms with van der Waals surface area (Å²) in [6, 6.07) is 12.7.